The van der Waals surface area contributed by atoms with Crippen LogP contribution in [0.15, 0.2) is 24.8 Å². The summed E-state index contributed by atoms with van der Waals surface area (Å²) >= 11 is 0. The largest absolute Gasteiger partial charge is 0.494 e. The fourth-order valence-electron chi connectivity index (χ4n) is 3.29. The molecule has 0 atom stereocenters. The highest BCUT2D eigenvalue weighted by molar-refractivity contribution is 6.45. The molecule has 4 rings (SSSR count). The number of aromatic nitrogens is 5. The Morgan fingerprint density at radius 2 is 2.04 bits per heavy atom. The summed E-state index contributed by atoms with van der Waals surface area (Å²) < 4.78 is 6.85. The molecule has 9 heteroatoms. The summed E-state index contributed by atoms with van der Waals surface area (Å²) in [6.45, 7) is 1.24. The lowest BCUT2D eigenvalue weighted by atomic mass is 10.1. The van der Waals surface area contributed by atoms with Gasteiger partial charge >= 0.3 is 0 Å². The van der Waals surface area contributed by atoms with E-state index in [0.717, 1.165) is 19.3 Å². The Hall–Kier alpha value is -3.23. The molecule has 0 bridgehead atoms. The first kappa shape index (κ1) is 16.2. The molecule has 0 aromatic carbocycles. The molecule has 0 aliphatic carbocycles. The highest BCUT2D eigenvalue weighted by atomic mass is 16.5. The highest BCUT2D eigenvalue weighted by Gasteiger charge is 2.28. The summed E-state index contributed by atoms with van der Waals surface area (Å²) in [5.74, 6) is -0.137. The zero-order chi connectivity index (χ0) is 18.1. The first-order valence-electron chi connectivity index (χ1n) is 8.45. The Kier molecular flexibility index (Phi) is 4.11. The fraction of sp³-hybridized carbons (Fsp3) is 0.353. The number of rotatable bonds is 4. The van der Waals surface area contributed by atoms with Crippen LogP contribution in [0.25, 0.3) is 16.7 Å². The van der Waals surface area contributed by atoms with Crippen molar-refractivity contribution in [2.75, 3.05) is 20.2 Å². The SMILES string of the molecule is COc1cnc(-n2ccnn2)c2[nH]cc(C(=O)C(=O)N3CCCCC3)c12. The molecule has 26 heavy (non-hydrogen) atoms. The molecule has 3 aromatic rings. The quantitative estimate of drug-likeness (QED) is 0.560. The second kappa shape index (κ2) is 6.58. The molecular weight excluding hydrogens is 336 g/mol. The lowest BCUT2D eigenvalue weighted by molar-refractivity contribution is -0.127. The van der Waals surface area contributed by atoms with Crippen LogP contribution in [0.3, 0.4) is 0 Å². The molecule has 0 saturated carbocycles. The van der Waals surface area contributed by atoms with Crippen LogP contribution in [0.4, 0.5) is 0 Å². The zero-order valence-electron chi connectivity index (χ0n) is 14.3. The van der Waals surface area contributed by atoms with Crippen LogP contribution in [0.2, 0.25) is 0 Å². The van der Waals surface area contributed by atoms with Crippen LogP contribution >= 0.6 is 0 Å². The van der Waals surface area contributed by atoms with Gasteiger partial charge in [0.25, 0.3) is 11.7 Å². The Bertz CT molecular complexity index is 956. The smallest absolute Gasteiger partial charge is 0.295 e. The maximum atomic E-state index is 12.9. The molecule has 4 heterocycles. The highest BCUT2D eigenvalue weighted by Crippen LogP contribution is 2.31. The van der Waals surface area contributed by atoms with Crippen LogP contribution in [0.1, 0.15) is 29.6 Å². The molecule has 1 aliphatic rings. The van der Waals surface area contributed by atoms with Crippen molar-refractivity contribution in [2.24, 2.45) is 0 Å². The van der Waals surface area contributed by atoms with Gasteiger partial charge in [-0.25, -0.2) is 9.67 Å². The van der Waals surface area contributed by atoms with Gasteiger partial charge in [0, 0.05) is 19.3 Å². The number of hydrogen-bond acceptors (Lipinski definition) is 6. The lowest BCUT2D eigenvalue weighted by Crippen LogP contribution is -2.40. The van der Waals surface area contributed by atoms with Crippen molar-refractivity contribution in [1.29, 1.82) is 0 Å². The Balaban J connectivity index is 1.79. The number of ether oxygens (including phenoxy) is 1. The molecular formula is C17H18N6O3. The van der Waals surface area contributed by atoms with Gasteiger partial charge < -0.3 is 14.6 Å². The summed E-state index contributed by atoms with van der Waals surface area (Å²) in [5.41, 5.74) is 0.834. The van der Waals surface area contributed by atoms with E-state index in [2.05, 4.69) is 20.3 Å². The van der Waals surface area contributed by atoms with Gasteiger partial charge in [-0.2, -0.15) is 0 Å². The van der Waals surface area contributed by atoms with Crippen molar-refractivity contribution in [3.63, 3.8) is 0 Å². The van der Waals surface area contributed by atoms with Crippen LogP contribution in [-0.4, -0.2) is 61.8 Å². The summed E-state index contributed by atoms with van der Waals surface area (Å²) in [7, 11) is 1.50. The van der Waals surface area contributed by atoms with Crippen molar-refractivity contribution >= 4 is 22.6 Å². The van der Waals surface area contributed by atoms with Gasteiger partial charge in [-0.1, -0.05) is 5.21 Å². The number of hydrogen-bond donors (Lipinski definition) is 1. The number of pyridine rings is 1. The number of amides is 1. The minimum absolute atomic E-state index is 0.274. The summed E-state index contributed by atoms with van der Waals surface area (Å²) in [4.78, 5) is 34.5. The molecule has 0 unspecified atom stereocenters. The van der Waals surface area contributed by atoms with E-state index in [1.165, 1.54) is 30.4 Å². The van der Waals surface area contributed by atoms with E-state index in [1.54, 1.807) is 11.1 Å². The number of carbonyl (C=O) groups excluding carboxylic acids is 2. The Labute approximate surface area is 149 Å². The van der Waals surface area contributed by atoms with E-state index < -0.39 is 11.7 Å². The van der Waals surface area contributed by atoms with Gasteiger partial charge in [0.2, 0.25) is 0 Å². The number of H-pyrrole nitrogens is 1. The average Bonchev–Trinajstić information content (AvgIpc) is 3.37. The molecule has 0 spiro atoms. The molecule has 1 amide bonds. The summed E-state index contributed by atoms with van der Waals surface area (Å²) in [6, 6.07) is 0. The second-order valence-corrected chi connectivity index (χ2v) is 6.13. The molecule has 3 aromatic heterocycles. The number of fused-ring (bicyclic) bond motifs is 1. The van der Waals surface area contributed by atoms with Crippen molar-refractivity contribution in [3.8, 4) is 11.6 Å². The molecule has 1 N–H and O–H groups in total. The predicted octanol–water partition coefficient (Wildman–Crippen LogP) is 1.35. The van der Waals surface area contributed by atoms with Crippen LogP contribution < -0.4 is 4.74 Å². The van der Waals surface area contributed by atoms with E-state index >= 15 is 0 Å². The Morgan fingerprint density at radius 1 is 1.23 bits per heavy atom. The monoisotopic (exact) mass is 354 g/mol. The van der Waals surface area contributed by atoms with Crippen LogP contribution in [0, 0.1) is 0 Å². The minimum atomic E-state index is -0.549. The van der Waals surface area contributed by atoms with Crippen molar-refractivity contribution in [1.82, 2.24) is 29.9 Å². The van der Waals surface area contributed by atoms with Gasteiger partial charge in [-0.3, -0.25) is 9.59 Å². The number of piperidine rings is 1. The van der Waals surface area contributed by atoms with E-state index in [0.29, 0.717) is 35.6 Å². The Morgan fingerprint density at radius 3 is 2.73 bits per heavy atom. The summed E-state index contributed by atoms with van der Waals surface area (Å²) in [5, 5.41) is 8.23. The van der Waals surface area contributed by atoms with Crippen molar-refractivity contribution in [3.05, 3.63) is 30.4 Å². The molecule has 1 fully saturated rings. The van der Waals surface area contributed by atoms with Crippen LogP contribution in [-0.2, 0) is 4.79 Å². The lowest BCUT2D eigenvalue weighted by Gasteiger charge is -2.25. The number of likely N-dealkylation sites (tertiary alicyclic amines) is 1. The molecule has 1 saturated heterocycles. The van der Waals surface area contributed by atoms with Gasteiger partial charge in [0.05, 0.1) is 42.2 Å². The molecule has 9 nitrogen and oxygen atoms in total. The van der Waals surface area contributed by atoms with Gasteiger partial charge in [0.1, 0.15) is 5.75 Å². The second-order valence-electron chi connectivity index (χ2n) is 6.13. The van der Waals surface area contributed by atoms with Gasteiger partial charge in [-0.15, -0.1) is 5.10 Å². The zero-order valence-corrected chi connectivity index (χ0v) is 14.3. The average molecular weight is 354 g/mol. The van der Waals surface area contributed by atoms with E-state index in [4.69, 9.17) is 4.74 Å². The standard InChI is InChI=1S/C17H18N6O3/c1-26-12-10-19-16(23-8-5-20-21-23)14-13(12)11(9-18-14)15(24)17(25)22-6-3-2-4-7-22/h5,8-10,18H,2-4,6-7H2,1H3. The minimum Gasteiger partial charge on any atom is -0.494 e. The van der Waals surface area contributed by atoms with Crippen LogP contribution in [0.5, 0.6) is 5.75 Å². The first-order chi connectivity index (χ1) is 12.7. The third kappa shape index (κ3) is 2.61. The fourth-order valence-corrected chi connectivity index (χ4v) is 3.29. The number of nitrogens with one attached hydrogen (secondary N) is 1. The van der Waals surface area contributed by atoms with Crippen molar-refractivity contribution < 1.29 is 14.3 Å². The maximum absolute atomic E-state index is 12.9. The number of methoxy groups -OCH3 is 1. The number of aromatic amines is 1. The third-order valence-electron chi connectivity index (χ3n) is 4.60. The maximum Gasteiger partial charge on any atom is 0.295 e. The normalized spacial score (nSPS) is 14.6. The van der Waals surface area contributed by atoms with E-state index in [-0.39, 0.29) is 5.56 Å². The molecule has 1 aliphatic heterocycles. The first-order valence-corrected chi connectivity index (χ1v) is 8.45. The van der Waals surface area contributed by atoms with Crippen molar-refractivity contribution in [2.45, 2.75) is 19.3 Å². The topological polar surface area (TPSA) is 106 Å². The predicted molar refractivity (Wildman–Crippen MR) is 92.3 cm³/mol. The number of ketones is 1. The third-order valence-corrected chi connectivity index (χ3v) is 4.60. The molecule has 134 valence electrons. The van der Waals surface area contributed by atoms with Gasteiger partial charge in [0.15, 0.2) is 5.82 Å². The number of Topliss-reactive ketones (excluding diaryl/α,β-unsaturated/α-hetero) is 1. The summed E-state index contributed by atoms with van der Waals surface area (Å²) in [6.07, 6.45) is 9.16. The van der Waals surface area contributed by atoms with E-state index in [1.807, 2.05) is 0 Å². The molecule has 0 radical (unpaired) electrons. The van der Waals surface area contributed by atoms with E-state index in [9.17, 15) is 9.59 Å². The van der Waals surface area contributed by atoms with Gasteiger partial charge in [-0.05, 0) is 19.3 Å². The number of carbonyl (C=O) groups is 2. The number of nitrogens with zero attached hydrogens (tertiary/aromatic N) is 5.